The average molecular weight is 333 g/mol. The first kappa shape index (κ1) is 14.9. The molecule has 0 aliphatic heterocycles. The van der Waals surface area contributed by atoms with Crippen LogP contribution in [0, 0.1) is 6.92 Å². The second-order valence-electron chi connectivity index (χ2n) is 5.57. The van der Waals surface area contributed by atoms with Crippen molar-refractivity contribution in [2.24, 2.45) is 5.10 Å². The predicted molar refractivity (Wildman–Crippen MR) is 94.4 cm³/mol. The predicted octanol–water partition coefficient (Wildman–Crippen LogP) is 3.22. The fraction of sp³-hybridized carbons (Fsp3) is 0.0556. The van der Waals surface area contributed by atoms with Crippen LogP contribution in [-0.2, 0) is 0 Å². The van der Waals surface area contributed by atoms with Gasteiger partial charge in [0.2, 0.25) is 0 Å². The summed E-state index contributed by atoms with van der Waals surface area (Å²) in [4.78, 5) is 15.3. The Morgan fingerprint density at radius 2 is 2.16 bits per heavy atom. The first-order chi connectivity index (χ1) is 12.2. The van der Waals surface area contributed by atoms with Gasteiger partial charge in [0.15, 0.2) is 11.5 Å². The number of fused-ring (bicyclic) bond motifs is 1. The van der Waals surface area contributed by atoms with Crippen LogP contribution in [-0.4, -0.2) is 27.3 Å². The normalized spacial score (nSPS) is 11.4. The van der Waals surface area contributed by atoms with Crippen molar-refractivity contribution >= 4 is 23.0 Å². The number of rotatable bonds is 4. The highest BCUT2D eigenvalue weighted by atomic mass is 16.3. The third-order valence-electron chi connectivity index (χ3n) is 3.81. The minimum absolute atomic E-state index is 0.236. The molecule has 4 rings (SSSR count). The highest BCUT2D eigenvalue weighted by Crippen LogP contribution is 2.20. The van der Waals surface area contributed by atoms with Crippen LogP contribution in [0.1, 0.15) is 21.8 Å². The number of benzene rings is 1. The second kappa shape index (κ2) is 6.12. The van der Waals surface area contributed by atoms with Gasteiger partial charge in [0.25, 0.3) is 5.91 Å². The molecule has 0 unspecified atom stereocenters. The van der Waals surface area contributed by atoms with Crippen LogP contribution >= 0.6 is 0 Å². The highest BCUT2D eigenvalue weighted by molar-refractivity contribution is 6.00. The van der Waals surface area contributed by atoms with Gasteiger partial charge >= 0.3 is 0 Å². The summed E-state index contributed by atoms with van der Waals surface area (Å²) in [7, 11) is 0. The van der Waals surface area contributed by atoms with Crippen molar-refractivity contribution in [1.29, 1.82) is 0 Å². The maximum Gasteiger partial charge on any atom is 0.291 e. The minimum Gasteiger partial charge on any atom is -0.460 e. The zero-order valence-corrected chi connectivity index (χ0v) is 13.4. The van der Waals surface area contributed by atoms with Crippen LogP contribution in [0.3, 0.4) is 0 Å². The van der Waals surface area contributed by atoms with Crippen molar-refractivity contribution in [3.8, 4) is 11.5 Å². The average Bonchev–Trinajstić information content (AvgIpc) is 3.34. The summed E-state index contributed by atoms with van der Waals surface area (Å²) in [6, 6.07) is 13.2. The number of hydrogen-bond acceptors (Lipinski definition) is 4. The molecule has 0 aliphatic carbocycles. The fourth-order valence-corrected chi connectivity index (χ4v) is 2.56. The van der Waals surface area contributed by atoms with Gasteiger partial charge in [-0.2, -0.15) is 10.2 Å². The van der Waals surface area contributed by atoms with Gasteiger partial charge in [-0.1, -0.05) is 18.2 Å². The molecule has 1 aromatic carbocycles. The second-order valence-corrected chi connectivity index (χ2v) is 5.57. The van der Waals surface area contributed by atoms with Gasteiger partial charge in [-0.3, -0.25) is 9.89 Å². The van der Waals surface area contributed by atoms with E-state index in [1.807, 2.05) is 49.5 Å². The van der Waals surface area contributed by atoms with Gasteiger partial charge in [0.05, 0.1) is 6.21 Å². The molecule has 25 heavy (non-hydrogen) atoms. The zero-order chi connectivity index (χ0) is 17.2. The number of aromatic amines is 2. The molecular formula is C18H15N5O2. The molecule has 0 bridgehead atoms. The smallest absolute Gasteiger partial charge is 0.291 e. The molecule has 3 heterocycles. The molecule has 0 saturated heterocycles. The lowest BCUT2D eigenvalue weighted by atomic mass is 10.2. The molecule has 3 aromatic heterocycles. The highest BCUT2D eigenvalue weighted by Gasteiger charge is 2.12. The van der Waals surface area contributed by atoms with E-state index in [1.54, 1.807) is 12.3 Å². The molecule has 7 heteroatoms. The first-order valence-electron chi connectivity index (χ1n) is 7.72. The quantitative estimate of drug-likeness (QED) is 0.395. The summed E-state index contributed by atoms with van der Waals surface area (Å²) < 4.78 is 5.50. The summed E-state index contributed by atoms with van der Waals surface area (Å²) in [6.45, 7) is 1.85. The summed E-state index contributed by atoms with van der Waals surface area (Å²) in [5.74, 6) is 1.02. The number of aryl methyl sites for hydroxylation is 1. The Bertz CT molecular complexity index is 1070. The van der Waals surface area contributed by atoms with E-state index in [9.17, 15) is 4.79 Å². The number of para-hydroxylation sites is 1. The van der Waals surface area contributed by atoms with Gasteiger partial charge < -0.3 is 9.40 Å². The van der Waals surface area contributed by atoms with E-state index in [0.29, 0.717) is 11.5 Å². The Balaban J connectivity index is 1.46. The Kier molecular flexibility index (Phi) is 3.66. The number of hydrazone groups is 1. The lowest BCUT2D eigenvalue weighted by Gasteiger charge is -1.94. The van der Waals surface area contributed by atoms with Gasteiger partial charge in [-0.25, -0.2) is 5.43 Å². The Labute approximate surface area is 142 Å². The van der Waals surface area contributed by atoms with E-state index in [-0.39, 0.29) is 5.69 Å². The molecule has 0 saturated carbocycles. The number of nitrogens with one attached hydrogen (secondary N) is 3. The van der Waals surface area contributed by atoms with Crippen molar-refractivity contribution in [3.05, 3.63) is 65.7 Å². The largest absolute Gasteiger partial charge is 0.460 e. The Morgan fingerprint density at radius 1 is 1.28 bits per heavy atom. The number of hydrogen-bond donors (Lipinski definition) is 3. The van der Waals surface area contributed by atoms with Gasteiger partial charge in [0, 0.05) is 28.7 Å². The number of carbonyl (C=O) groups is 1. The van der Waals surface area contributed by atoms with Gasteiger partial charge in [-0.05, 0) is 25.1 Å². The minimum atomic E-state index is -0.401. The van der Waals surface area contributed by atoms with E-state index in [0.717, 1.165) is 22.2 Å². The van der Waals surface area contributed by atoms with E-state index < -0.39 is 5.91 Å². The van der Waals surface area contributed by atoms with E-state index in [4.69, 9.17) is 4.42 Å². The van der Waals surface area contributed by atoms with E-state index in [2.05, 4.69) is 25.7 Å². The van der Waals surface area contributed by atoms with Crippen LogP contribution in [0.25, 0.3) is 22.4 Å². The molecule has 4 aromatic rings. The summed E-state index contributed by atoms with van der Waals surface area (Å²) >= 11 is 0. The number of nitrogens with zero attached hydrogens (tertiary/aromatic N) is 2. The molecule has 7 nitrogen and oxygen atoms in total. The van der Waals surface area contributed by atoms with Crippen molar-refractivity contribution in [2.75, 3.05) is 0 Å². The Hall–Kier alpha value is -3.61. The van der Waals surface area contributed by atoms with Crippen LogP contribution in [0.5, 0.6) is 0 Å². The number of furan rings is 1. The molecular weight excluding hydrogens is 318 g/mol. The molecule has 0 radical (unpaired) electrons. The molecule has 0 aliphatic rings. The van der Waals surface area contributed by atoms with Gasteiger partial charge in [0.1, 0.15) is 11.5 Å². The van der Waals surface area contributed by atoms with Crippen molar-refractivity contribution in [2.45, 2.75) is 6.92 Å². The molecule has 3 N–H and O–H groups in total. The van der Waals surface area contributed by atoms with Crippen molar-refractivity contribution in [1.82, 2.24) is 20.6 Å². The molecule has 0 spiro atoms. The maximum absolute atomic E-state index is 12.1. The standard InChI is InChI=1S/C18H15N5O2/c1-11-6-7-17(25-11)15-8-16(22-21-15)18(24)23-20-10-12-9-19-14-5-3-2-4-13(12)14/h2-10,19H,1H3,(H,21,22)(H,23,24). The maximum atomic E-state index is 12.1. The van der Waals surface area contributed by atoms with E-state index >= 15 is 0 Å². The summed E-state index contributed by atoms with van der Waals surface area (Å²) in [5.41, 5.74) is 5.26. The third kappa shape index (κ3) is 2.94. The number of carbonyl (C=O) groups excluding carboxylic acids is 1. The van der Waals surface area contributed by atoms with Crippen LogP contribution in [0.15, 0.2) is 58.2 Å². The first-order valence-corrected chi connectivity index (χ1v) is 7.72. The van der Waals surface area contributed by atoms with Crippen LogP contribution < -0.4 is 5.43 Å². The molecule has 0 fully saturated rings. The number of H-pyrrole nitrogens is 2. The lowest BCUT2D eigenvalue weighted by molar-refractivity contribution is 0.0950. The monoisotopic (exact) mass is 333 g/mol. The molecule has 1 amide bonds. The summed E-state index contributed by atoms with van der Waals surface area (Å²) in [6.07, 6.45) is 3.44. The van der Waals surface area contributed by atoms with E-state index in [1.165, 1.54) is 0 Å². The Morgan fingerprint density at radius 3 is 3.00 bits per heavy atom. The van der Waals surface area contributed by atoms with Crippen molar-refractivity contribution in [3.63, 3.8) is 0 Å². The molecule has 0 atom stereocenters. The van der Waals surface area contributed by atoms with Crippen LogP contribution in [0.2, 0.25) is 0 Å². The SMILES string of the molecule is Cc1ccc(-c2cc(C(=O)NN=Cc3c[nH]c4ccccc34)n[nH]2)o1. The third-order valence-corrected chi connectivity index (χ3v) is 3.81. The zero-order valence-electron chi connectivity index (χ0n) is 13.4. The summed E-state index contributed by atoms with van der Waals surface area (Å²) in [5, 5.41) is 11.8. The fourth-order valence-electron chi connectivity index (χ4n) is 2.56. The number of aromatic nitrogens is 3. The van der Waals surface area contributed by atoms with Crippen molar-refractivity contribution < 1.29 is 9.21 Å². The molecule has 124 valence electrons. The topological polar surface area (TPSA) is 99.1 Å². The van der Waals surface area contributed by atoms with Crippen LogP contribution in [0.4, 0.5) is 0 Å². The number of amides is 1. The lowest BCUT2D eigenvalue weighted by Crippen LogP contribution is -2.17. The van der Waals surface area contributed by atoms with Gasteiger partial charge in [-0.15, -0.1) is 0 Å².